The number of ether oxygens (including phenoxy) is 1. The molecule has 1 unspecified atom stereocenters. The third-order valence-corrected chi connectivity index (χ3v) is 14.7. The zero-order valence-electron chi connectivity index (χ0n) is 33.2. The number of aromatic nitrogens is 3. The molecule has 11 rings (SSSR count). The SMILES string of the molecule is C[C@@H]1Cc2c([nH]c3ccccc23)[C@@H](c2cnc(N3CCC4(CC3)CC(N3CCN5c6ccc7c(c6OC[C@H]5C3)CN(C3CCC(=O)NC3=O)C7=O)C4)nc2)N1CC(F)F. The Kier molecular flexibility index (Phi) is 8.74. The second-order valence-electron chi connectivity index (χ2n) is 18.0. The molecule has 15 heteroatoms. The Balaban J connectivity index is 0.713. The number of anilines is 2. The van der Waals surface area contributed by atoms with Gasteiger partial charge >= 0.3 is 0 Å². The third-order valence-electron chi connectivity index (χ3n) is 14.7. The van der Waals surface area contributed by atoms with Crippen LogP contribution in [0.3, 0.4) is 0 Å². The van der Waals surface area contributed by atoms with Crippen LogP contribution in [-0.4, -0.2) is 124 Å². The molecule has 2 N–H and O–H groups in total. The maximum Gasteiger partial charge on any atom is 0.255 e. The van der Waals surface area contributed by atoms with Crippen LogP contribution < -0.4 is 19.9 Å². The van der Waals surface area contributed by atoms with Crippen molar-refractivity contribution in [1.82, 2.24) is 35.0 Å². The maximum absolute atomic E-state index is 13.9. The number of piperidine rings is 2. The van der Waals surface area contributed by atoms with Crippen LogP contribution >= 0.6 is 0 Å². The van der Waals surface area contributed by atoms with E-state index in [9.17, 15) is 23.2 Å². The summed E-state index contributed by atoms with van der Waals surface area (Å²) in [7, 11) is 0. The number of para-hydroxylation sites is 1. The summed E-state index contributed by atoms with van der Waals surface area (Å²) in [5, 5.41) is 3.53. The van der Waals surface area contributed by atoms with Crippen LogP contribution in [0.25, 0.3) is 10.9 Å². The number of imide groups is 1. The smallest absolute Gasteiger partial charge is 0.255 e. The minimum Gasteiger partial charge on any atom is -0.489 e. The summed E-state index contributed by atoms with van der Waals surface area (Å²) < 4.78 is 34.3. The lowest BCUT2D eigenvalue weighted by molar-refractivity contribution is -0.136. The molecule has 4 atom stereocenters. The molecule has 1 spiro atoms. The number of piperazine rings is 1. The minimum absolute atomic E-state index is 0.0582. The number of hydrogen-bond donors (Lipinski definition) is 2. The summed E-state index contributed by atoms with van der Waals surface area (Å²) >= 11 is 0. The number of nitrogens with one attached hydrogen (secondary N) is 2. The van der Waals surface area contributed by atoms with Gasteiger partial charge in [-0.25, -0.2) is 18.7 Å². The molecule has 1 saturated carbocycles. The van der Waals surface area contributed by atoms with Gasteiger partial charge in [0.05, 0.1) is 30.9 Å². The third kappa shape index (κ3) is 6.09. The van der Waals surface area contributed by atoms with Crippen LogP contribution in [-0.2, 0) is 22.6 Å². The Labute approximate surface area is 341 Å². The molecule has 8 heterocycles. The maximum atomic E-state index is 13.9. The molecule has 308 valence electrons. The first-order chi connectivity index (χ1) is 28.6. The summed E-state index contributed by atoms with van der Waals surface area (Å²) in [6, 6.07) is 11.7. The number of fused-ring (bicyclic) bond motifs is 8. The Bertz CT molecular complexity index is 2340. The van der Waals surface area contributed by atoms with Gasteiger partial charge < -0.3 is 24.4 Å². The predicted octanol–water partition coefficient (Wildman–Crippen LogP) is 4.65. The molecule has 3 amide bonds. The summed E-state index contributed by atoms with van der Waals surface area (Å²) in [6.07, 6.45) is 7.07. The van der Waals surface area contributed by atoms with Crippen molar-refractivity contribution in [2.45, 2.75) is 95.0 Å². The van der Waals surface area contributed by atoms with E-state index in [0.717, 1.165) is 84.7 Å². The average Bonchev–Trinajstić information content (AvgIpc) is 3.76. The number of nitrogens with zero attached hydrogens (tertiary/aromatic N) is 7. The summed E-state index contributed by atoms with van der Waals surface area (Å²) in [5.74, 6) is 0.573. The molecule has 6 aliphatic heterocycles. The second-order valence-corrected chi connectivity index (χ2v) is 18.0. The van der Waals surface area contributed by atoms with Gasteiger partial charge in [0.25, 0.3) is 12.3 Å². The van der Waals surface area contributed by atoms with E-state index in [1.165, 1.54) is 18.4 Å². The highest BCUT2D eigenvalue weighted by Gasteiger charge is 2.50. The van der Waals surface area contributed by atoms with Gasteiger partial charge in [0, 0.05) is 96.9 Å². The number of carbonyl (C=O) groups excluding carboxylic acids is 3. The molecule has 0 bridgehead atoms. The molecule has 7 aliphatic rings. The number of hydrogen-bond acceptors (Lipinski definition) is 10. The van der Waals surface area contributed by atoms with Gasteiger partial charge in [-0.3, -0.25) is 29.5 Å². The summed E-state index contributed by atoms with van der Waals surface area (Å²) in [5.41, 5.74) is 6.77. The predicted molar refractivity (Wildman–Crippen MR) is 216 cm³/mol. The first-order valence-corrected chi connectivity index (χ1v) is 21.3. The normalized spacial score (nSPS) is 27.1. The average molecular weight is 806 g/mol. The van der Waals surface area contributed by atoms with Crippen LogP contribution in [0.5, 0.6) is 5.75 Å². The zero-order valence-corrected chi connectivity index (χ0v) is 33.2. The molecule has 59 heavy (non-hydrogen) atoms. The monoisotopic (exact) mass is 805 g/mol. The van der Waals surface area contributed by atoms with Crippen molar-refractivity contribution in [2.75, 3.05) is 55.7 Å². The van der Waals surface area contributed by atoms with Crippen LogP contribution in [0.4, 0.5) is 20.4 Å². The van der Waals surface area contributed by atoms with E-state index in [0.29, 0.717) is 49.0 Å². The van der Waals surface area contributed by atoms with Gasteiger partial charge in [-0.2, -0.15) is 0 Å². The number of carbonyl (C=O) groups is 3. The minimum atomic E-state index is -2.45. The van der Waals surface area contributed by atoms with E-state index in [1.54, 1.807) is 4.90 Å². The van der Waals surface area contributed by atoms with Gasteiger partial charge in [-0.15, -0.1) is 0 Å². The number of alkyl halides is 2. The van der Waals surface area contributed by atoms with Crippen molar-refractivity contribution in [3.63, 3.8) is 0 Å². The van der Waals surface area contributed by atoms with Gasteiger partial charge in [0.15, 0.2) is 0 Å². The van der Waals surface area contributed by atoms with Crippen LogP contribution in [0, 0.1) is 5.41 Å². The largest absolute Gasteiger partial charge is 0.489 e. The fraction of sp³-hybridized carbons (Fsp3) is 0.523. The fourth-order valence-corrected chi connectivity index (χ4v) is 11.6. The van der Waals surface area contributed by atoms with E-state index >= 15 is 0 Å². The molecule has 0 radical (unpaired) electrons. The van der Waals surface area contributed by atoms with E-state index < -0.39 is 18.4 Å². The highest BCUT2D eigenvalue weighted by atomic mass is 19.3. The van der Waals surface area contributed by atoms with Gasteiger partial charge in [0.1, 0.15) is 18.4 Å². The topological polar surface area (TPSA) is 130 Å². The van der Waals surface area contributed by atoms with E-state index in [4.69, 9.17) is 14.7 Å². The molecule has 4 fully saturated rings. The van der Waals surface area contributed by atoms with Gasteiger partial charge in [-0.1, -0.05) is 18.2 Å². The van der Waals surface area contributed by atoms with Crippen molar-refractivity contribution >= 4 is 40.3 Å². The van der Waals surface area contributed by atoms with E-state index in [1.807, 2.05) is 54.5 Å². The van der Waals surface area contributed by atoms with E-state index in [-0.39, 0.29) is 42.9 Å². The molecule has 2 aromatic heterocycles. The number of benzene rings is 2. The highest BCUT2D eigenvalue weighted by molar-refractivity contribution is 6.06. The molecule has 3 saturated heterocycles. The lowest BCUT2D eigenvalue weighted by atomic mass is 9.60. The number of halogens is 2. The van der Waals surface area contributed by atoms with Crippen LogP contribution in [0.2, 0.25) is 0 Å². The molecule has 4 aromatic rings. The van der Waals surface area contributed by atoms with E-state index in [2.05, 4.69) is 31.1 Å². The number of amides is 3. The summed E-state index contributed by atoms with van der Waals surface area (Å²) in [6.45, 7) is 7.15. The Morgan fingerprint density at radius 2 is 1.75 bits per heavy atom. The van der Waals surface area contributed by atoms with Crippen molar-refractivity contribution in [2.24, 2.45) is 5.41 Å². The van der Waals surface area contributed by atoms with Crippen LogP contribution in [0.1, 0.15) is 84.2 Å². The zero-order chi connectivity index (χ0) is 40.2. The fourth-order valence-electron chi connectivity index (χ4n) is 11.6. The van der Waals surface area contributed by atoms with Crippen molar-refractivity contribution in [1.29, 1.82) is 0 Å². The Morgan fingerprint density at radius 3 is 2.53 bits per heavy atom. The second kappa shape index (κ2) is 14.0. The van der Waals surface area contributed by atoms with Crippen LogP contribution in [0.15, 0.2) is 48.8 Å². The molecular formula is C44H49F2N9O4. The first kappa shape index (κ1) is 36.9. The lowest BCUT2D eigenvalue weighted by Crippen LogP contribution is -2.63. The standard InChI is InChI=1S/C44H49F2N9O4/c1-25-16-31-29-4-2-3-5-33(29)49-38(31)39(54(25)23-36(45)46)26-19-47-43(48-20-26)51-12-10-44(11-13-51)17-27(18-44)52-14-15-53-28(21-52)24-59-40-32-22-55(35-8-9-37(56)50-41(35)57)42(58)30(32)6-7-34(40)53/h2-7,19-20,25,27-28,35-36,39,49H,8-18,21-24H2,1H3,(H,50,56,57)/t25-,28-,35?,39-/m1/s1. The van der Waals surface area contributed by atoms with Crippen molar-refractivity contribution < 1.29 is 27.9 Å². The number of H-pyrrole nitrogens is 1. The van der Waals surface area contributed by atoms with Crippen molar-refractivity contribution in [3.8, 4) is 5.75 Å². The molecule has 2 aromatic carbocycles. The Hall–Kier alpha value is -5.15. The quantitative estimate of drug-likeness (QED) is 0.266. The molecular weight excluding hydrogens is 757 g/mol. The molecule has 13 nitrogen and oxygen atoms in total. The first-order valence-electron chi connectivity index (χ1n) is 21.3. The van der Waals surface area contributed by atoms with Crippen molar-refractivity contribution in [3.05, 3.63) is 76.7 Å². The molecule has 1 aliphatic carbocycles. The number of rotatable bonds is 6. The number of aromatic amines is 1. The van der Waals surface area contributed by atoms with Gasteiger partial charge in [-0.05, 0) is 74.6 Å². The lowest BCUT2D eigenvalue weighted by Gasteiger charge is -2.57. The summed E-state index contributed by atoms with van der Waals surface area (Å²) in [4.78, 5) is 61.8. The highest BCUT2D eigenvalue weighted by Crippen LogP contribution is 2.52. The van der Waals surface area contributed by atoms with Gasteiger partial charge in [0.2, 0.25) is 17.8 Å². The Morgan fingerprint density at radius 1 is 0.949 bits per heavy atom.